The van der Waals surface area contributed by atoms with Crippen LogP contribution in [0.1, 0.15) is 28.7 Å². The number of nitrogens with one attached hydrogen (secondary N) is 1. The molecule has 0 amide bonds. The van der Waals surface area contributed by atoms with Crippen LogP contribution in [0.5, 0.6) is 0 Å². The lowest BCUT2D eigenvalue weighted by molar-refractivity contribution is 0.493. The fourth-order valence-electron chi connectivity index (χ4n) is 3.16. The van der Waals surface area contributed by atoms with Crippen LogP contribution in [0.15, 0.2) is 53.4 Å². The molecule has 2 unspecified atom stereocenters. The Morgan fingerprint density at radius 1 is 1.00 bits per heavy atom. The third-order valence-corrected chi connectivity index (χ3v) is 5.45. The predicted molar refractivity (Wildman–Crippen MR) is 80.8 cm³/mol. The molecule has 0 fully saturated rings. The van der Waals surface area contributed by atoms with Gasteiger partial charge in [-0.15, -0.1) is 11.8 Å². The van der Waals surface area contributed by atoms with Gasteiger partial charge in [-0.05, 0) is 29.2 Å². The van der Waals surface area contributed by atoms with Crippen LogP contribution < -0.4 is 5.32 Å². The molecule has 2 atom stereocenters. The van der Waals surface area contributed by atoms with E-state index in [0.29, 0.717) is 12.0 Å². The van der Waals surface area contributed by atoms with Gasteiger partial charge in [0.2, 0.25) is 0 Å². The van der Waals surface area contributed by atoms with E-state index >= 15 is 0 Å². The zero-order valence-electron chi connectivity index (χ0n) is 10.8. The Bertz CT molecular complexity index is 608. The number of fused-ring (bicyclic) bond motifs is 2. The van der Waals surface area contributed by atoms with Gasteiger partial charge < -0.3 is 5.32 Å². The third-order valence-electron chi connectivity index (χ3n) is 4.27. The van der Waals surface area contributed by atoms with Crippen LogP contribution in [-0.2, 0) is 6.42 Å². The quantitative estimate of drug-likeness (QED) is 0.908. The second-order valence-corrected chi connectivity index (χ2v) is 6.47. The molecule has 1 nitrogen and oxygen atoms in total. The minimum Gasteiger partial charge on any atom is -0.309 e. The van der Waals surface area contributed by atoms with E-state index in [1.54, 1.807) is 5.56 Å². The summed E-state index contributed by atoms with van der Waals surface area (Å²) in [4.78, 5) is 1.45. The zero-order chi connectivity index (χ0) is 12.7. The predicted octanol–water partition coefficient (Wildman–Crippen LogP) is 3.76. The molecule has 1 aliphatic carbocycles. The summed E-state index contributed by atoms with van der Waals surface area (Å²) in [6.07, 6.45) is 1.24. The topological polar surface area (TPSA) is 12.0 Å². The molecule has 2 aromatic rings. The highest BCUT2D eigenvalue weighted by Crippen LogP contribution is 2.39. The van der Waals surface area contributed by atoms with Gasteiger partial charge in [0.1, 0.15) is 0 Å². The van der Waals surface area contributed by atoms with Gasteiger partial charge in [-0.2, -0.15) is 0 Å². The van der Waals surface area contributed by atoms with Crippen molar-refractivity contribution in [2.75, 3.05) is 12.3 Å². The Kier molecular flexibility index (Phi) is 2.86. The summed E-state index contributed by atoms with van der Waals surface area (Å²) >= 11 is 1.98. The fourth-order valence-corrected chi connectivity index (χ4v) is 4.36. The fraction of sp³-hybridized carbons (Fsp3) is 0.294. The van der Waals surface area contributed by atoms with Crippen molar-refractivity contribution in [2.45, 2.75) is 23.3 Å². The van der Waals surface area contributed by atoms with Gasteiger partial charge in [0.25, 0.3) is 0 Å². The molecule has 0 spiro atoms. The van der Waals surface area contributed by atoms with E-state index in [2.05, 4.69) is 53.8 Å². The molecule has 0 saturated heterocycles. The second kappa shape index (κ2) is 4.69. The lowest BCUT2D eigenvalue weighted by Gasteiger charge is -2.31. The smallest absolute Gasteiger partial charge is 0.0426 e. The maximum Gasteiger partial charge on any atom is 0.0426 e. The van der Waals surface area contributed by atoms with E-state index in [1.807, 2.05) is 11.8 Å². The Balaban J connectivity index is 1.43. The van der Waals surface area contributed by atoms with E-state index in [4.69, 9.17) is 0 Å². The maximum absolute atomic E-state index is 3.76. The highest BCUT2D eigenvalue weighted by Gasteiger charge is 2.28. The molecule has 4 rings (SSSR count). The van der Waals surface area contributed by atoms with E-state index in [1.165, 1.54) is 28.2 Å². The van der Waals surface area contributed by atoms with Gasteiger partial charge >= 0.3 is 0 Å². The summed E-state index contributed by atoms with van der Waals surface area (Å²) in [6.45, 7) is 1.11. The normalized spacial score (nSPS) is 23.6. The van der Waals surface area contributed by atoms with E-state index < -0.39 is 0 Å². The van der Waals surface area contributed by atoms with Crippen molar-refractivity contribution in [3.8, 4) is 0 Å². The molecular weight excluding hydrogens is 250 g/mol. The molecule has 0 saturated carbocycles. The summed E-state index contributed by atoms with van der Waals surface area (Å²) in [7, 11) is 0. The average Bonchev–Trinajstić information content (AvgIpc) is 2.83. The minimum atomic E-state index is 0.536. The molecule has 1 N–H and O–H groups in total. The summed E-state index contributed by atoms with van der Waals surface area (Å²) < 4.78 is 0. The summed E-state index contributed by atoms with van der Waals surface area (Å²) in [5, 5.41) is 3.76. The molecule has 0 aromatic heterocycles. The molecule has 2 heteroatoms. The molecule has 96 valence electrons. The van der Waals surface area contributed by atoms with E-state index in [0.717, 1.165) is 6.54 Å². The summed E-state index contributed by atoms with van der Waals surface area (Å²) in [6, 6.07) is 18.2. The van der Waals surface area contributed by atoms with Gasteiger partial charge in [-0.3, -0.25) is 0 Å². The van der Waals surface area contributed by atoms with Crippen LogP contribution in [0, 0.1) is 0 Å². The molecular formula is C17H17NS. The van der Waals surface area contributed by atoms with Crippen LogP contribution in [0.4, 0.5) is 0 Å². The number of hydrogen-bond acceptors (Lipinski definition) is 2. The van der Waals surface area contributed by atoms with Crippen LogP contribution >= 0.6 is 11.8 Å². The van der Waals surface area contributed by atoms with Crippen molar-refractivity contribution < 1.29 is 0 Å². The number of benzene rings is 2. The molecule has 0 bridgehead atoms. The largest absolute Gasteiger partial charge is 0.309 e. The lowest BCUT2D eigenvalue weighted by Crippen LogP contribution is -2.31. The number of thioether (sulfide) groups is 1. The first-order valence-electron chi connectivity index (χ1n) is 6.95. The van der Waals surface area contributed by atoms with Gasteiger partial charge in [0, 0.05) is 29.2 Å². The monoisotopic (exact) mass is 267 g/mol. The van der Waals surface area contributed by atoms with E-state index in [9.17, 15) is 0 Å². The van der Waals surface area contributed by atoms with Crippen molar-refractivity contribution >= 4 is 11.8 Å². The first-order valence-corrected chi connectivity index (χ1v) is 7.93. The van der Waals surface area contributed by atoms with Crippen molar-refractivity contribution in [1.29, 1.82) is 0 Å². The number of rotatable bonds is 3. The van der Waals surface area contributed by atoms with Crippen LogP contribution in [0.2, 0.25) is 0 Å². The SMILES string of the molecule is c1ccc2c(c1)CC2CNC1CSc2ccccc21. The Morgan fingerprint density at radius 3 is 2.68 bits per heavy atom. The number of hydrogen-bond donors (Lipinski definition) is 1. The zero-order valence-corrected chi connectivity index (χ0v) is 11.6. The Morgan fingerprint density at radius 2 is 1.79 bits per heavy atom. The van der Waals surface area contributed by atoms with Crippen LogP contribution in [0.25, 0.3) is 0 Å². The van der Waals surface area contributed by atoms with Crippen molar-refractivity contribution in [1.82, 2.24) is 5.32 Å². The van der Waals surface area contributed by atoms with Gasteiger partial charge in [-0.1, -0.05) is 42.5 Å². The standard InChI is InChI=1S/C17H17NS/c1-2-6-14-12(5-1)9-13(14)10-18-16-11-19-17-8-4-3-7-15(16)17/h1-8,13,16,18H,9-11H2. The van der Waals surface area contributed by atoms with Crippen LogP contribution in [0.3, 0.4) is 0 Å². The Hall–Kier alpha value is -1.25. The summed E-state index contributed by atoms with van der Waals surface area (Å²) in [5.74, 6) is 1.89. The average molecular weight is 267 g/mol. The first-order chi connectivity index (χ1) is 9.42. The maximum atomic E-state index is 3.76. The first kappa shape index (κ1) is 11.6. The van der Waals surface area contributed by atoms with Crippen molar-refractivity contribution in [3.05, 3.63) is 65.2 Å². The molecule has 2 aromatic carbocycles. The van der Waals surface area contributed by atoms with Gasteiger partial charge in [0.05, 0.1) is 0 Å². The summed E-state index contributed by atoms with van der Waals surface area (Å²) in [5.41, 5.74) is 4.57. The third kappa shape index (κ3) is 1.99. The van der Waals surface area contributed by atoms with Crippen LogP contribution in [-0.4, -0.2) is 12.3 Å². The van der Waals surface area contributed by atoms with Crippen molar-refractivity contribution in [3.63, 3.8) is 0 Å². The molecule has 2 aliphatic rings. The van der Waals surface area contributed by atoms with E-state index in [-0.39, 0.29) is 0 Å². The molecule has 19 heavy (non-hydrogen) atoms. The van der Waals surface area contributed by atoms with Gasteiger partial charge in [-0.25, -0.2) is 0 Å². The Labute approximate surface area is 118 Å². The van der Waals surface area contributed by atoms with Gasteiger partial charge in [0.15, 0.2) is 0 Å². The molecule has 1 heterocycles. The second-order valence-electron chi connectivity index (χ2n) is 5.41. The lowest BCUT2D eigenvalue weighted by atomic mass is 9.77. The highest BCUT2D eigenvalue weighted by atomic mass is 32.2. The molecule has 1 aliphatic heterocycles. The molecule has 0 radical (unpaired) electrons. The highest BCUT2D eigenvalue weighted by molar-refractivity contribution is 7.99. The minimum absolute atomic E-state index is 0.536. The van der Waals surface area contributed by atoms with Crippen molar-refractivity contribution in [2.24, 2.45) is 0 Å².